The molecule has 0 radical (unpaired) electrons. The van der Waals surface area contributed by atoms with Crippen molar-refractivity contribution in [1.29, 1.82) is 0 Å². The lowest BCUT2D eigenvalue weighted by molar-refractivity contribution is -0.148. The van der Waals surface area contributed by atoms with E-state index in [2.05, 4.69) is 10.3 Å². The minimum Gasteiger partial charge on any atom is -0.354 e. The molecule has 2 heterocycles. The maximum atomic E-state index is 14.0. The number of benzene rings is 1. The first-order valence-corrected chi connectivity index (χ1v) is 11.8. The van der Waals surface area contributed by atoms with Crippen LogP contribution in [0.4, 0.5) is 0 Å². The summed E-state index contributed by atoms with van der Waals surface area (Å²) in [4.78, 5) is 47.1. The van der Waals surface area contributed by atoms with Crippen molar-refractivity contribution < 1.29 is 14.4 Å². The lowest BCUT2D eigenvalue weighted by Crippen LogP contribution is -2.63. The Labute approximate surface area is 195 Å². The van der Waals surface area contributed by atoms with Gasteiger partial charge in [-0.1, -0.05) is 49.2 Å². The van der Waals surface area contributed by atoms with E-state index in [0.717, 1.165) is 43.2 Å². The number of amidine groups is 1. The van der Waals surface area contributed by atoms with Crippen LogP contribution in [0.2, 0.25) is 0 Å². The third kappa shape index (κ3) is 4.92. The first-order valence-electron chi connectivity index (χ1n) is 11.8. The van der Waals surface area contributed by atoms with E-state index < -0.39 is 5.54 Å². The molecule has 1 aromatic carbocycles. The van der Waals surface area contributed by atoms with Crippen LogP contribution in [-0.4, -0.2) is 58.0 Å². The minimum absolute atomic E-state index is 0.000915. The first-order chi connectivity index (χ1) is 15.9. The highest BCUT2D eigenvalue weighted by Gasteiger charge is 2.49. The van der Waals surface area contributed by atoms with Crippen molar-refractivity contribution in [3.8, 4) is 0 Å². The summed E-state index contributed by atoms with van der Waals surface area (Å²) in [6.07, 6.45) is 10.1. The number of amides is 3. The second kappa shape index (κ2) is 9.73. The van der Waals surface area contributed by atoms with Crippen LogP contribution in [-0.2, 0) is 20.8 Å². The van der Waals surface area contributed by atoms with Crippen molar-refractivity contribution in [1.82, 2.24) is 15.1 Å². The number of nitrogens with one attached hydrogen (secondary N) is 1. The van der Waals surface area contributed by atoms with Crippen LogP contribution < -0.4 is 5.32 Å². The fourth-order valence-corrected chi connectivity index (χ4v) is 4.96. The van der Waals surface area contributed by atoms with Crippen LogP contribution in [0.25, 0.3) is 0 Å². The van der Waals surface area contributed by atoms with Gasteiger partial charge in [0.05, 0.1) is 13.0 Å². The lowest BCUT2D eigenvalue weighted by Gasteiger charge is -2.46. The summed E-state index contributed by atoms with van der Waals surface area (Å²) in [7, 11) is 0. The minimum atomic E-state index is -1.10. The van der Waals surface area contributed by atoms with Gasteiger partial charge in [-0.2, -0.15) is 4.99 Å². The highest BCUT2D eigenvalue weighted by molar-refractivity contribution is 6.12. The number of hydrogen-bond donors (Lipinski definition) is 1. The second-order valence-electron chi connectivity index (χ2n) is 9.30. The average molecular weight is 449 g/mol. The third-order valence-corrected chi connectivity index (χ3v) is 6.80. The molecule has 0 saturated heterocycles. The summed E-state index contributed by atoms with van der Waals surface area (Å²) < 4.78 is 0. The largest absolute Gasteiger partial charge is 0.354 e. The monoisotopic (exact) mass is 448 g/mol. The molecule has 7 nitrogen and oxygen atoms in total. The number of hydrogen-bond acceptors (Lipinski definition) is 4. The Morgan fingerprint density at radius 1 is 1.21 bits per heavy atom. The van der Waals surface area contributed by atoms with Gasteiger partial charge in [0.15, 0.2) is 0 Å². The van der Waals surface area contributed by atoms with Gasteiger partial charge in [-0.15, -0.1) is 0 Å². The highest BCUT2D eigenvalue weighted by atomic mass is 16.2. The van der Waals surface area contributed by atoms with Crippen LogP contribution in [0, 0.1) is 0 Å². The first kappa shape index (κ1) is 23.0. The number of aliphatic imine (C=N–C) groups is 1. The van der Waals surface area contributed by atoms with Crippen molar-refractivity contribution in [2.45, 2.75) is 64.0 Å². The number of nitrogens with zero attached hydrogens (tertiary/aromatic N) is 3. The van der Waals surface area contributed by atoms with Crippen molar-refractivity contribution >= 4 is 23.6 Å². The van der Waals surface area contributed by atoms with Gasteiger partial charge in [-0.3, -0.25) is 14.4 Å². The zero-order valence-electron chi connectivity index (χ0n) is 19.4. The molecular weight excluding hydrogens is 416 g/mol. The van der Waals surface area contributed by atoms with Gasteiger partial charge in [-0.25, -0.2) is 0 Å². The zero-order chi connectivity index (χ0) is 23.4. The fraction of sp³-hybridized carbons (Fsp3) is 0.462. The van der Waals surface area contributed by atoms with E-state index in [9.17, 15) is 14.4 Å². The third-order valence-electron chi connectivity index (χ3n) is 6.80. The number of carbonyl (C=O) groups excluding carboxylic acids is 3. The Morgan fingerprint density at radius 2 is 1.94 bits per heavy atom. The Morgan fingerprint density at radius 3 is 2.67 bits per heavy atom. The maximum absolute atomic E-state index is 14.0. The number of rotatable bonds is 7. The zero-order valence-corrected chi connectivity index (χ0v) is 19.4. The molecule has 1 fully saturated rings. The predicted octanol–water partition coefficient (Wildman–Crippen LogP) is 2.98. The quantitative estimate of drug-likeness (QED) is 0.695. The molecule has 0 spiro atoms. The molecule has 0 aromatic heterocycles. The summed E-state index contributed by atoms with van der Waals surface area (Å²) in [5, 5.41) is 2.97. The SMILES string of the molecule is CC1=CC=CN2C1=NC(=O)C[C@@]2(C)C(=O)N(CC(=O)NCCc1ccccc1)C1CCCC1. The summed E-state index contributed by atoms with van der Waals surface area (Å²) in [6.45, 7) is 4.19. The summed E-state index contributed by atoms with van der Waals surface area (Å²) in [6, 6.07) is 10.00. The molecule has 3 aliphatic rings. The molecule has 174 valence electrons. The Balaban J connectivity index is 1.49. The molecule has 1 saturated carbocycles. The Kier molecular flexibility index (Phi) is 6.77. The summed E-state index contributed by atoms with van der Waals surface area (Å²) >= 11 is 0. The average Bonchev–Trinajstić information content (AvgIpc) is 3.33. The Hall–Kier alpha value is -3.22. The molecule has 1 N–H and O–H groups in total. The van der Waals surface area contributed by atoms with E-state index in [1.165, 1.54) is 0 Å². The number of carbonyl (C=O) groups is 3. The van der Waals surface area contributed by atoms with Crippen LogP contribution >= 0.6 is 0 Å². The van der Waals surface area contributed by atoms with E-state index in [1.807, 2.05) is 55.6 Å². The molecule has 2 aliphatic heterocycles. The lowest BCUT2D eigenvalue weighted by atomic mass is 9.88. The van der Waals surface area contributed by atoms with Crippen LogP contribution in [0.15, 0.2) is 59.2 Å². The van der Waals surface area contributed by atoms with E-state index in [-0.39, 0.29) is 36.7 Å². The molecule has 0 unspecified atom stereocenters. The van der Waals surface area contributed by atoms with Gasteiger partial charge >= 0.3 is 0 Å². The molecule has 1 atom stereocenters. The van der Waals surface area contributed by atoms with E-state index in [0.29, 0.717) is 12.4 Å². The van der Waals surface area contributed by atoms with Crippen molar-refractivity contribution in [3.63, 3.8) is 0 Å². The van der Waals surface area contributed by atoms with E-state index in [4.69, 9.17) is 0 Å². The molecule has 1 aromatic rings. The fourth-order valence-electron chi connectivity index (χ4n) is 4.96. The highest BCUT2D eigenvalue weighted by Crippen LogP contribution is 2.34. The van der Waals surface area contributed by atoms with E-state index >= 15 is 0 Å². The van der Waals surface area contributed by atoms with Crippen molar-refractivity contribution in [3.05, 3.63) is 59.8 Å². The van der Waals surface area contributed by atoms with Gasteiger partial charge in [0.2, 0.25) is 11.8 Å². The van der Waals surface area contributed by atoms with Crippen LogP contribution in [0.5, 0.6) is 0 Å². The molecule has 4 rings (SSSR count). The summed E-state index contributed by atoms with van der Waals surface area (Å²) in [5.41, 5.74) is 0.894. The van der Waals surface area contributed by atoms with Crippen LogP contribution in [0.1, 0.15) is 51.5 Å². The van der Waals surface area contributed by atoms with Gasteiger partial charge < -0.3 is 15.1 Å². The number of fused-ring (bicyclic) bond motifs is 1. The predicted molar refractivity (Wildman–Crippen MR) is 127 cm³/mol. The van der Waals surface area contributed by atoms with Gasteiger partial charge in [-0.05, 0) is 50.3 Å². The topological polar surface area (TPSA) is 82.1 Å². The normalized spacial score (nSPS) is 22.5. The molecule has 3 amide bonds. The number of allylic oxidation sites excluding steroid dienone is 2. The molecular formula is C26H32N4O3. The van der Waals surface area contributed by atoms with Crippen molar-refractivity contribution in [2.75, 3.05) is 13.1 Å². The second-order valence-corrected chi connectivity index (χ2v) is 9.30. The van der Waals surface area contributed by atoms with Crippen molar-refractivity contribution in [2.24, 2.45) is 4.99 Å². The van der Waals surface area contributed by atoms with E-state index in [1.54, 1.807) is 16.7 Å². The molecule has 7 heteroatoms. The summed E-state index contributed by atoms with van der Waals surface area (Å²) in [5.74, 6) is -0.147. The smallest absolute Gasteiger partial charge is 0.250 e. The molecule has 33 heavy (non-hydrogen) atoms. The van der Waals surface area contributed by atoms with Gasteiger partial charge in [0, 0.05) is 18.8 Å². The molecule has 0 bridgehead atoms. The van der Waals surface area contributed by atoms with Gasteiger partial charge in [0.25, 0.3) is 5.91 Å². The molecule has 1 aliphatic carbocycles. The maximum Gasteiger partial charge on any atom is 0.250 e. The Bertz CT molecular complexity index is 1010. The van der Waals surface area contributed by atoms with Crippen LogP contribution in [0.3, 0.4) is 0 Å². The van der Waals surface area contributed by atoms with Gasteiger partial charge in [0.1, 0.15) is 11.4 Å². The standard InChI is InChI=1S/C26H32N4O3/c1-19-9-8-16-30-24(19)28-22(31)17-26(30,2)25(33)29(21-12-6-7-13-21)18-23(32)27-15-14-20-10-4-3-5-11-20/h3-5,8-11,16,21H,6-7,12-15,17-18H2,1-2H3,(H,27,32)/t26-/m0/s1.